The maximum atomic E-state index is 5.69. The topological polar surface area (TPSA) is 60.2 Å². The number of hydrazine groups is 1. The third-order valence-corrected chi connectivity index (χ3v) is 3.51. The molecule has 1 aromatic carbocycles. The number of nitrogens with two attached hydrogens (primary N) is 1. The van der Waals surface area contributed by atoms with Gasteiger partial charge >= 0.3 is 0 Å². The van der Waals surface area contributed by atoms with Crippen LogP contribution in [0.1, 0.15) is 29.3 Å². The molecule has 1 atom stereocenters. The van der Waals surface area contributed by atoms with Crippen molar-refractivity contribution in [2.75, 3.05) is 7.11 Å². The van der Waals surface area contributed by atoms with E-state index in [0.29, 0.717) is 0 Å². The van der Waals surface area contributed by atoms with Crippen molar-refractivity contribution >= 4 is 0 Å². The molecule has 1 heterocycles. The minimum absolute atomic E-state index is 0.0224. The monoisotopic (exact) mass is 271 g/mol. The second-order valence-corrected chi connectivity index (χ2v) is 4.78. The van der Waals surface area contributed by atoms with Crippen LogP contribution in [0.4, 0.5) is 0 Å². The van der Waals surface area contributed by atoms with Crippen molar-refractivity contribution in [1.82, 2.24) is 10.4 Å². The molecule has 0 aliphatic carbocycles. The first-order chi connectivity index (χ1) is 9.76. The summed E-state index contributed by atoms with van der Waals surface area (Å²) in [5, 5.41) is 0. The van der Waals surface area contributed by atoms with Crippen molar-refractivity contribution in [3.63, 3.8) is 0 Å². The van der Waals surface area contributed by atoms with Gasteiger partial charge in [0.1, 0.15) is 11.4 Å². The van der Waals surface area contributed by atoms with Gasteiger partial charge in [-0.1, -0.05) is 24.3 Å². The lowest BCUT2D eigenvalue weighted by Gasteiger charge is -2.18. The Labute approximate surface area is 120 Å². The fourth-order valence-electron chi connectivity index (χ4n) is 2.33. The summed E-state index contributed by atoms with van der Waals surface area (Å²) in [6.45, 7) is 2.13. The average Bonchev–Trinajstić information content (AvgIpc) is 2.50. The predicted molar refractivity (Wildman–Crippen MR) is 80.4 cm³/mol. The molecule has 106 valence electrons. The molecule has 3 N–H and O–H groups in total. The van der Waals surface area contributed by atoms with Crippen molar-refractivity contribution in [1.29, 1.82) is 0 Å². The van der Waals surface area contributed by atoms with Crippen LogP contribution in [0, 0.1) is 6.92 Å². The minimum Gasteiger partial charge on any atom is -0.495 e. The molecule has 0 aliphatic rings. The standard InChI is InChI=1S/C16H21N3O/c1-12-6-3-4-7-13(12)9-10-14(19-17)16-15(20-2)8-5-11-18-16/h3-8,11,14,19H,9-10,17H2,1-2H3. The molecule has 20 heavy (non-hydrogen) atoms. The van der Waals surface area contributed by atoms with Gasteiger partial charge in [-0.3, -0.25) is 16.3 Å². The third kappa shape index (κ3) is 3.35. The van der Waals surface area contributed by atoms with Crippen molar-refractivity contribution in [2.24, 2.45) is 5.84 Å². The number of hydrogen-bond acceptors (Lipinski definition) is 4. The van der Waals surface area contributed by atoms with E-state index in [4.69, 9.17) is 10.6 Å². The largest absolute Gasteiger partial charge is 0.495 e. The summed E-state index contributed by atoms with van der Waals surface area (Å²) in [6, 6.07) is 12.1. The lowest BCUT2D eigenvalue weighted by atomic mass is 9.99. The zero-order chi connectivity index (χ0) is 14.4. The number of methoxy groups -OCH3 is 1. The van der Waals surface area contributed by atoms with Gasteiger partial charge in [0.15, 0.2) is 0 Å². The Hall–Kier alpha value is -1.91. The Bertz CT molecular complexity index is 557. The van der Waals surface area contributed by atoms with Gasteiger partial charge in [-0.25, -0.2) is 0 Å². The van der Waals surface area contributed by atoms with Gasteiger partial charge in [0.05, 0.1) is 13.2 Å². The highest BCUT2D eigenvalue weighted by Gasteiger charge is 2.16. The maximum Gasteiger partial charge on any atom is 0.142 e. The summed E-state index contributed by atoms with van der Waals surface area (Å²) in [7, 11) is 1.65. The third-order valence-electron chi connectivity index (χ3n) is 3.51. The van der Waals surface area contributed by atoms with Gasteiger partial charge in [0.25, 0.3) is 0 Å². The number of pyridine rings is 1. The number of ether oxygens (including phenoxy) is 1. The Kier molecular flexibility index (Phi) is 5.09. The quantitative estimate of drug-likeness (QED) is 0.626. The molecule has 0 bridgehead atoms. The SMILES string of the molecule is COc1cccnc1C(CCc1ccccc1C)NN. The molecule has 2 rings (SSSR count). The van der Waals surface area contributed by atoms with Crippen molar-refractivity contribution in [3.8, 4) is 5.75 Å². The van der Waals surface area contributed by atoms with E-state index in [-0.39, 0.29) is 6.04 Å². The predicted octanol–water partition coefficient (Wildman–Crippen LogP) is 2.54. The van der Waals surface area contributed by atoms with Gasteiger partial charge in [-0.2, -0.15) is 0 Å². The Balaban J connectivity index is 2.11. The van der Waals surface area contributed by atoms with Crippen LogP contribution in [0.5, 0.6) is 5.75 Å². The van der Waals surface area contributed by atoms with Crippen LogP contribution >= 0.6 is 0 Å². The van der Waals surface area contributed by atoms with Crippen LogP contribution in [0.25, 0.3) is 0 Å². The number of benzene rings is 1. The maximum absolute atomic E-state index is 5.69. The molecular formula is C16H21N3O. The summed E-state index contributed by atoms with van der Waals surface area (Å²) in [5.41, 5.74) is 6.33. The lowest BCUT2D eigenvalue weighted by molar-refractivity contribution is 0.390. The second kappa shape index (κ2) is 7.03. The normalized spacial score (nSPS) is 12.2. The fourth-order valence-corrected chi connectivity index (χ4v) is 2.33. The Morgan fingerprint density at radius 3 is 2.75 bits per heavy atom. The molecule has 0 fully saturated rings. The molecule has 1 aromatic heterocycles. The summed E-state index contributed by atoms with van der Waals surface area (Å²) < 4.78 is 5.35. The summed E-state index contributed by atoms with van der Waals surface area (Å²) in [5.74, 6) is 6.45. The van der Waals surface area contributed by atoms with Gasteiger partial charge in [-0.05, 0) is 43.0 Å². The molecule has 2 aromatic rings. The van der Waals surface area contributed by atoms with Gasteiger partial charge in [0.2, 0.25) is 0 Å². The highest BCUT2D eigenvalue weighted by atomic mass is 16.5. The number of nitrogens with one attached hydrogen (secondary N) is 1. The van der Waals surface area contributed by atoms with Crippen molar-refractivity contribution in [2.45, 2.75) is 25.8 Å². The zero-order valence-electron chi connectivity index (χ0n) is 12.0. The van der Waals surface area contributed by atoms with E-state index in [0.717, 1.165) is 24.3 Å². The Morgan fingerprint density at radius 1 is 1.25 bits per heavy atom. The molecule has 0 saturated carbocycles. The minimum atomic E-state index is -0.0224. The van der Waals surface area contributed by atoms with E-state index >= 15 is 0 Å². The Morgan fingerprint density at radius 2 is 2.05 bits per heavy atom. The van der Waals surface area contributed by atoms with Crippen molar-refractivity contribution in [3.05, 3.63) is 59.4 Å². The summed E-state index contributed by atoms with van der Waals surface area (Å²) in [4.78, 5) is 4.39. The van der Waals surface area contributed by atoms with Crippen LogP contribution in [0.2, 0.25) is 0 Å². The second-order valence-electron chi connectivity index (χ2n) is 4.78. The van der Waals surface area contributed by atoms with Crippen LogP contribution < -0.4 is 16.0 Å². The highest BCUT2D eigenvalue weighted by Crippen LogP contribution is 2.25. The molecule has 0 aliphatic heterocycles. The summed E-state index contributed by atoms with van der Waals surface area (Å²) >= 11 is 0. The molecule has 0 spiro atoms. The van der Waals surface area contributed by atoms with E-state index in [2.05, 4.69) is 41.6 Å². The van der Waals surface area contributed by atoms with Crippen LogP contribution in [0.3, 0.4) is 0 Å². The number of aromatic nitrogens is 1. The van der Waals surface area contributed by atoms with Crippen LogP contribution in [0.15, 0.2) is 42.6 Å². The average molecular weight is 271 g/mol. The number of nitrogens with zero attached hydrogens (tertiary/aromatic N) is 1. The molecule has 0 radical (unpaired) electrons. The molecule has 0 saturated heterocycles. The van der Waals surface area contributed by atoms with Crippen LogP contribution in [-0.4, -0.2) is 12.1 Å². The van der Waals surface area contributed by atoms with E-state index in [9.17, 15) is 0 Å². The number of aryl methyl sites for hydroxylation is 2. The molecule has 1 unspecified atom stereocenters. The molecule has 4 nitrogen and oxygen atoms in total. The van der Waals surface area contributed by atoms with Gasteiger partial charge in [0, 0.05) is 6.20 Å². The molecule has 0 amide bonds. The smallest absolute Gasteiger partial charge is 0.142 e. The van der Waals surface area contributed by atoms with E-state index in [1.807, 2.05) is 12.1 Å². The number of rotatable bonds is 6. The first-order valence-corrected chi connectivity index (χ1v) is 6.75. The lowest BCUT2D eigenvalue weighted by Crippen LogP contribution is -2.29. The fraction of sp³-hybridized carbons (Fsp3) is 0.312. The van der Waals surface area contributed by atoms with Gasteiger partial charge < -0.3 is 4.74 Å². The molecular weight excluding hydrogens is 250 g/mol. The van der Waals surface area contributed by atoms with Gasteiger partial charge in [-0.15, -0.1) is 0 Å². The number of hydrogen-bond donors (Lipinski definition) is 2. The van der Waals surface area contributed by atoms with Crippen LogP contribution in [-0.2, 0) is 6.42 Å². The first-order valence-electron chi connectivity index (χ1n) is 6.75. The van der Waals surface area contributed by atoms with E-state index in [1.54, 1.807) is 13.3 Å². The molecule has 4 heteroatoms. The highest BCUT2D eigenvalue weighted by molar-refractivity contribution is 5.30. The summed E-state index contributed by atoms with van der Waals surface area (Å²) in [6.07, 6.45) is 3.58. The van der Waals surface area contributed by atoms with E-state index in [1.165, 1.54) is 11.1 Å². The van der Waals surface area contributed by atoms with E-state index < -0.39 is 0 Å². The van der Waals surface area contributed by atoms with Crippen molar-refractivity contribution < 1.29 is 4.74 Å². The first kappa shape index (κ1) is 14.5. The zero-order valence-corrected chi connectivity index (χ0v) is 12.0.